The lowest BCUT2D eigenvalue weighted by atomic mass is 10.3. The predicted octanol–water partition coefficient (Wildman–Crippen LogP) is 1.04. The fourth-order valence-electron chi connectivity index (χ4n) is 1.78. The molecule has 1 aliphatic carbocycles. The van der Waals surface area contributed by atoms with Gasteiger partial charge in [-0.05, 0) is 32.9 Å². The Morgan fingerprint density at radius 1 is 1.41 bits per heavy atom. The average molecular weight is 257 g/mol. The normalized spacial score (nSPS) is 24.2. The molecule has 5 heteroatoms. The Bertz CT molecular complexity index is 266. The number of nitrogens with one attached hydrogen (secondary N) is 1. The molecule has 0 aromatic carbocycles. The monoisotopic (exact) mass is 257 g/mol. The van der Waals surface area contributed by atoms with Crippen LogP contribution in [0.25, 0.3) is 0 Å². The van der Waals surface area contributed by atoms with E-state index < -0.39 is 0 Å². The molecular formula is C12H23N3OS. The third-order valence-corrected chi connectivity index (χ3v) is 4.36. The zero-order valence-electron chi connectivity index (χ0n) is 10.8. The summed E-state index contributed by atoms with van der Waals surface area (Å²) < 4.78 is 5.52. The van der Waals surface area contributed by atoms with Crippen LogP contribution in [0.1, 0.15) is 12.8 Å². The summed E-state index contributed by atoms with van der Waals surface area (Å²) in [6.45, 7) is 4.44. The van der Waals surface area contributed by atoms with Gasteiger partial charge in [0.1, 0.15) is 0 Å². The first-order valence-corrected chi connectivity index (χ1v) is 7.31. The standard InChI is InChI=1S/C12H23N3OS/c1-15(2)6-8-16-7-5-13-12-14-9-11(17-12)10-3-4-10/h10-11H,3-9H2,1-2H3,(H,13,14). The van der Waals surface area contributed by atoms with Gasteiger partial charge in [0.25, 0.3) is 0 Å². The van der Waals surface area contributed by atoms with Crippen molar-refractivity contribution in [2.45, 2.75) is 18.1 Å². The number of likely N-dealkylation sites (N-methyl/N-ethyl adjacent to an activating group) is 1. The average Bonchev–Trinajstić information content (AvgIpc) is 3.04. The van der Waals surface area contributed by atoms with Gasteiger partial charge in [0.2, 0.25) is 0 Å². The zero-order chi connectivity index (χ0) is 12.1. The molecule has 1 fully saturated rings. The Morgan fingerprint density at radius 3 is 2.94 bits per heavy atom. The van der Waals surface area contributed by atoms with Crippen molar-refractivity contribution in [3.05, 3.63) is 0 Å². The second-order valence-corrected chi connectivity index (χ2v) is 6.21. The predicted molar refractivity (Wildman–Crippen MR) is 73.8 cm³/mol. The molecule has 0 radical (unpaired) electrons. The van der Waals surface area contributed by atoms with Crippen molar-refractivity contribution in [2.24, 2.45) is 10.9 Å². The van der Waals surface area contributed by atoms with Crippen LogP contribution in [0.3, 0.4) is 0 Å². The molecule has 2 aliphatic rings. The van der Waals surface area contributed by atoms with Crippen molar-refractivity contribution >= 4 is 16.9 Å². The Morgan fingerprint density at radius 2 is 2.24 bits per heavy atom. The van der Waals surface area contributed by atoms with E-state index in [1.165, 1.54) is 12.8 Å². The Labute approximate surface area is 108 Å². The van der Waals surface area contributed by atoms with Gasteiger partial charge in [-0.3, -0.25) is 4.99 Å². The maximum atomic E-state index is 5.52. The number of rotatable bonds is 7. The van der Waals surface area contributed by atoms with Gasteiger partial charge in [0.05, 0.1) is 19.8 Å². The Kier molecular flexibility index (Phi) is 5.13. The van der Waals surface area contributed by atoms with Crippen molar-refractivity contribution in [1.29, 1.82) is 0 Å². The maximum absolute atomic E-state index is 5.52. The van der Waals surface area contributed by atoms with Gasteiger partial charge < -0.3 is 15.0 Å². The van der Waals surface area contributed by atoms with E-state index in [0.717, 1.165) is 49.2 Å². The zero-order valence-corrected chi connectivity index (χ0v) is 11.6. The highest BCUT2D eigenvalue weighted by Crippen LogP contribution is 2.41. The van der Waals surface area contributed by atoms with Crippen LogP contribution in [0.5, 0.6) is 0 Å². The van der Waals surface area contributed by atoms with Crippen LogP contribution in [-0.2, 0) is 4.74 Å². The Balaban J connectivity index is 1.45. The first kappa shape index (κ1) is 13.2. The third kappa shape index (κ3) is 4.85. The summed E-state index contributed by atoms with van der Waals surface area (Å²) >= 11 is 1.93. The minimum atomic E-state index is 0.757. The minimum absolute atomic E-state index is 0.757. The first-order chi connectivity index (χ1) is 8.25. The van der Waals surface area contributed by atoms with Gasteiger partial charge in [-0.25, -0.2) is 0 Å². The van der Waals surface area contributed by atoms with E-state index in [1.54, 1.807) is 0 Å². The number of ether oxygens (including phenoxy) is 1. The summed E-state index contributed by atoms with van der Waals surface area (Å²) in [4.78, 5) is 6.66. The fraction of sp³-hybridized carbons (Fsp3) is 0.917. The molecule has 17 heavy (non-hydrogen) atoms. The van der Waals surface area contributed by atoms with Crippen molar-refractivity contribution in [1.82, 2.24) is 10.2 Å². The van der Waals surface area contributed by atoms with Crippen molar-refractivity contribution < 1.29 is 4.74 Å². The first-order valence-electron chi connectivity index (χ1n) is 6.43. The summed E-state index contributed by atoms with van der Waals surface area (Å²) in [5.41, 5.74) is 0. The molecule has 98 valence electrons. The molecule has 0 spiro atoms. The number of hydrogen-bond acceptors (Lipinski definition) is 5. The lowest BCUT2D eigenvalue weighted by molar-refractivity contribution is 0.122. The number of thioether (sulfide) groups is 1. The van der Waals surface area contributed by atoms with Gasteiger partial charge in [0.15, 0.2) is 5.17 Å². The molecule has 0 aromatic rings. The Hall–Kier alpha value is -0.260. The molecule has 0 aromatic heterocycles. The molecule has 1 atom stereocenters. The van der Waals surface area contributed by atoms with Gasteiger partial charge in [-0.2, -0.15) is 0 Å². The second kappa shape index (κ2) is 6.61. The van der Waals surface area contributed by atoms with E-state index in [4.69, 9.17) is 4.74 Å². The van der Waals surface area contributed by atoms with Gasteiger partial charge >= 0.3 is 0 Å². The minimum Gasteiger partial charge on any atom is -0.378 e. The molecule has 0 saturated heterocycles. The molecule has 4 nitrogen and oxygen atoms in total. The molecule has 2 rings (SSSR count). The molecule has 0 amide bonds. The quantitative estimate of drug-likeness (QED) is 0.691. The highest BCUT2D eigenvalue weighted by molar-refractivity contribution is 8.14. The molecule has 1 saturated carbocycles. The van der Waals surface area contributed by atoms with E-state index >= 15 is 0 Å². The topological polar surface area (TPSA) is 36.9 Å². The van der Waals surface area contributed by atoms with Crippen LogP contribution in [0.15, 0.2) is 4.99 Å². The van der Waals surface area contributed by atoms with E-state index in [1.807, 2.05) is 11.8 Å². The molecule has 1 N–H and O–H groups in total. The summed E-state index contributed by atoms with van der Waals surface area (Å²) in [7, 11) is 4.12. The van der Waals surface area contributed by atoms with Gasteiger partial charge in [0, 0.05) is 18.3 Å². The molecule has 1 aliphatic heterocycles. The van der Waals surface area contributed by atoms with E-state index in [0.29, 0.717) is 0 Å². The van der Waals surface area contributed by atoms with Crippen LogP contribution >= 0.6 is 11.8 Å². The van der Waals surface area contributed by atoms with Crippen molar-refractivity contribution in [3.8, 4) is 0 Å². The lowest BCUT2D eigenvalue weighted by Gasteiger charge is -2.11. The number of nitrogens with zero attached hydrogens (tertiary/aromatic N) is 2. The van der Waals surface area contributed by atoms with Gasteiger partial charge in [-0.15, -0.1) is 0 Å². The number of amidine groups is 1. The van der Waals surface area contributed by atoms with Crippen LogP contribution in [0.2, 0.25) is 0 Å². The fourth-order valence-corrected chi connectivity index (χ4v) is 3.02. The van der Waals surface area contributed by atoms with Crippen molar-refractivity contribution in [3.63, 3.8) is 0 Å². The SMILES string of the molecule is CN(C)CCOCCNC1=NCC(C2CC2)S1. The van der Waals surface area contributed by atoms with E-state index in [-0.39, 0.29) is 0 Å². The van der Waals surface area contributed by atoms with Crippen LogP contribution in [-0.4, -0.2) is 62.3 Å². The summed E-state index contributed by atoms with van der Waals surface area (Å²) in [5.74, 6) is 0.944. The molecular weight excluding hydrogens is 234 g/mol. The molecule has 0 bridgehead atoms. The molecule has 1 heterocycles. The second-order valence-electron chi connectivity index (χ2n) is 4.98. The van der Waals surface area contributed by atoms with Gasteiger partial charge in [-0.1, -0.05) is 11.8 Å². The maximum Gasteiger partial charge on any atom is 0.157 e. The third-order valence-electron chi connectivity index (χ3n) is 3.03. The van der Waals surface area contributed by atoms with Crippen LogP contribution < -0.4 is 5.32 Å². The number of hydrogen-bond donors (Lipinski definition) is 1. The smallest absolute Gasteiger partial charge is 0.157 e. The summed E-state index contributed by atoms with van der Waals surface area (Å²) in [6.07, 6.45) is 2.82. The molecule has 1 unspecified atom stereocenters. The van der Waals surface area contributed by atoms with E-state index in [9.17, 15) is 0 Å². The number of aliphatic imine (C=N–C) groups is 1. The highest BCUT2D eigenvalue weighted by atomic mass is 32.2. The highest BCUT2D eigenvalue weighted by Gasteiger charge is 2.35. The largest absolute Gasteiger partial charge is 0.378 e. The van der Waals surface area contributed by atoms with Crippen LogP contribution in [0.4, 0.5) is 0 Å². The van der Waals surface area contributed by atoms with E-state index in [2.05, 4.69) is 29.3 Å². The van der Waals surface area contributed by atoms with Crippen LogP contribution in [0, 0.1) is 5.92 Å². The summed E-state index contributed by atoms with van der Waals surface area (Å²) in [5, 5.41) is 5.24. The van der Waals surface area contributed by atoms with Crippen molar-refractivity contribution in [2.75, 3.05) is 46.9 Å². The lowest BCUT2D eigenvalue weighted by Crippen LogP contribution is -2.26. The summed E-state index contributed by atoms with van der Waals surface area (Å²) in [6, 6.07) is 0.